The topological polar surface area (TPSA) is 55.1 Å². The van der Waals surface area contributed by atoms with Crippen LogP contribution in [0.25, 0.3) is 0 Å². The lowest BCUT2D eigenvalue weighted by Crippen LogP contribution is -2.30. The fourth-order valence-corrected chi connectivity index (χ4v) is 2.10. The van der Waals surface area contributed by atoms with E-state index in [2.05, 4.69) is 17.5 Å². The van der Waals surface area contributed by atoms with Crippen molar-refractivity contribution in [2.75, 3.05) is 12.3 Å². The van der Waals surface area contributed by atoms with E-state index in [9.17, 15) is 9.18 Å². The molecule has 0 radical (unpaired) electrons. The highest BCUT2D eigenvalue weighted by Crippen LogP contribution is 2.18. The van der Waals surface area contributed by atoms with E-state index in [1.165, 1.54) is 18.2 Å². The summed E-state index contributed by atoms with van der Waals surface area (Å²) in [5, 5.41) is 2.82. The second-order valence-corrected chi connectivity index (χ2v) is 4.59. The third-order valence-electron chi connectivity index (χ3n) is 3.19. The Hall–Kier alpha value is -1.84. The highest BCUT2D eigenvalue weighted by atomic mass is 19.1. The average Bonchev–Trinajstić information content (AvgIpc) is 2.40. The minimum Gasteiger partial charge on any atom is -0.398 e. The summed E-state index contributed by atoms with van der Waals surface area (Å²) in [7, 11) is 0. The SMILES string of the molecule is Nc1ccc(F)cc1C(=O)NCC1CC=CCC1. The molecule has 0 aliphatic heterocycles. The summed E-state index contributed by atoms with van der Waals surface area (Å²) in [6, 6.07) is 3.83. The lowest BCUT2D eigenvalue weighted by molar-refractivity contribution is 0.0946. The van der Waals surface area contributed by atoms with Crippen molar-refractivity contribution in [2.24, 2.45) is 5.92 Å². The predicted molar refractivity (Wildman–Crippen MR) is 69.6 cm³/mol. The molecule has 18 heavy (non-hydrogen) atoms. The summed E-state index contributed by atoms with van der Waals surface area (Å²) in [6.07, 6.45) is 7.41. The number of benzene rings is 1. The van der Waals surface area contributed by atoms with Crippen LogP contribution < -0.4 is 11.1 Å². The van der Waals surface area contributed by atoms with Gasteiger partial charge in [0.25, 0.3) is 5.91 Å². The van der Waals surface area contributed by atoms with E-state index in [1.54, 1.807) is 0 Å². The summed E-state index contributed by atoms with van der Waals surface area (Å²) < 4.78 is 13.1. The molecule has 3 nitrogen and oxygen atoms in total. The van der Waals surface area contributed by atoms with Crippen molar-refractivity contribution < 1.29 is 9.18 Å². The summed E-state index contributed by atoms with van der Waals surface area (Å²) in [5.41, 5.74) is 6.17. The summed E-state index contributed by atoms with van der Waals surface area (Å²) >= 11 is 0. The lowest BCUT2D eigenvalue weighted by Gasteiger charge is -2.18. The van der Waals surface area contributed by atoms with Crippen molar-refractivity contribution in [3.8, 4) is 0 Å². The molecule has 0 bridgehead atoms. The van der Waals surface area contributed by atoms with Crippen LogP contribution in [0.1, 0.15) is 29.6 Å². The smallest absolute Gasteiger partial charge is 0.253 e. The van der Waals surface area contributed by atoms with E-state index in [-0.39, 0.29) is 11.5 Å². The van der Waals surface area contributed by atoms with E-state index in [4.69, 9.17) is 5.73 Å². The van der Waals surface area contributed by atoms with Crippen LogP contribution in [0.2, 0.25) is 0 Å². The zero-order valence-electron chi connectivity index (χ0n) is 10.2. The largest absolute Gasteiger partial charge is 0.398 e. The molecule has 1 amide bonds. The molecule has 4 heteroatoms. The lowest BCUT2D eigenvalue weighted by atomic mass is 9.94. The summed E-state index contributed by atoms with van der Waals surface area (Å²) in [4.78, 5) is 11.9. The number of rotatable bonds is 3. The number of nitrogens with two attached hydrogens (primary N) is 1. The molecule has 0 saturated heterocycles. The maximum Gasteiger partial charge on any atom is 0.253 e. The van der Waals surface area contributed by atoms with Crippen LogP contribution in [-0.2, 0) is 0 Å². The van der Waals surface area contributed by atoms with Gasteiger partial charge in [0.05, 0.1) is 5.56 Å². The van der Waals surface area contributed by atoms with Crippen LogP contribution in [0.5, 0.6) is 0 Å². The number of allylic oxidation sites excluding steroid dienone is 2. The number of amides is 1. The van der Waals surface area contributed by atoms with Crippen molar-refractivity contribution in [1.29, 1.82) is 0 Å². The van der Waals surface area contributed by atoms with Gasteiger partial charge in [-0.3, -0.25) is 4.79 Å². The molecule has 0 saturated carbocycles. The molecule has 1 aliphatic carbocycles. The van der Waals surface area contributed by atoms with E-state index >= 15 is 0 Å². The predicted octanol–water partition coefficient (Wildman–Crippen LogP) is 2.49. The highest BCUT2D eigenvalue weighted by molar-refractivity contribution is 5.99. The molecule has 2 rings (SSSR count). The maximum absolute atomic E-state index is 13.1. The van der Waals surface area contributed by atoms with Gasteiger partial charge in [0, 0.05) is 12.2 Å². The van der Waals surface area contributed by atoms with Crippen LogP contribution in [0.3, 0.4) is 0 Å². The standard InChI is InChI=1S/C14H17FN2O/c15-11-6-7-13(16)12(8-11)14(18)17-9-10-4-2-1-3-5-10/h1-2,6-8,10H,3-5,9,16H2,(H,17,18). The van der Waals surface area contributed by atoms with Crippen molar-refractivity contribution in [2.45, 2.75) is 19.3 Å². The molecule has 0 spiro atoms. The minimum absolute atomic E-state index is 0.210. The number of carbonyl (C=O) groups excluding carboxylic acids is 1. The summed E-state index contributed by atoms with van der Waals surface area (Å²) in [6.45, 7) is 0.610. The van der Waals surface area contributed by atoms with E-state index < -0.39 is 5.82 Å². The number of carbonyl (C=O) groups is 1. The van der Waals surface area contributed by atoms with Gasteiger partial charge in [-0.1, -0.05) is 12.2 Å². The highest BCUT2D eigenvalue weighted by Gasteiger charge is 2.14. The molecular formula is C14H17FN2O. The third kappa shape index (κ3) is 3.09. The second-order valence-electron chi connectivity index (χ2n) is 4.59. The van der Waals surface area contributed by atoms with Crippen molar-refractivity contribution in [3.05, 3.63) is 41.7 Å². The zero-order valence-corrected chi connectivity index (χ0v) is 10.2. The average molecular weight is 248 g/mol. The zero-order chi connectivity index (χ0) is 13.0. The fourth-order valence-electron chi connectivity index (χ4n) is 2.10. The van der Waals surface area contributed by atoms with Crippen LogP contribution >= 0.6 is 0 Å². The van der Waals surface area contributed by atoms with Gasteiger partial charge >= 0.3 is 0 Å². The first-order valence-electron chi connectivity index (χ1n) is 6.15. The number of halogens is 1. The Kier molecular flexibility index (Phi) is 3.97. The molecule has 1 aromatic carbocycles. The molecule has 1 aliphatic rings. The van der Waals surface area contributed by atoms with Gasteiger partial charge < -0.3 is 11.1 Å². The number of hydrogen-bond acceptors (Lipinski definition) is 2. The Balaban J connectivity index is 1.95. The van der Waals surface area contributed by atoms with Gasteiger partial charge in [-0.05, 0) is 43.4 Å². The molecule has 96 valence electrons. The minimum atomic E-state index is -0.449. The normalized spacial score (nSPS) is 18.6. The molecule has 1 atom stereocenters. The van der Waals surface area contributed by atoms with Crippen LogP contribution in [0.4, 0.5) is 10.1 Å². The van der Waals surface area contributed by atoms with E-state index in [1.807, 2.05) is 0 Å². The first-order valence-corrected chi connectivity index (χ1v) is 6.15. The first-order chi connectivity index (χ1) is 8.66. The summed E-state index contributed by atoms with van der Waals surface area (Å²) in [5.74, 6) is -0.287. The third-order valence-corrected chi connectivity index (χ3v) is 3.19. The van der Waals surface area contributed by atoms with Crippen LogP contribution in [-0.4, -0.2) is 12.5 Å². The quantitative estimate of drug-likeness (QED) is 0.638. The molecule has 0 fully saturated rings. The number of nitrogens with one attached hydrogen (secondary N) is 1. The number of anilines is 1. The Morgan fingerprint density at radius 1 is 1.44 bits per heavy atom. The van der Waals surface area contributed by atoms with Crippen LogP contribution in [0, 0.1) is 11.7 Å². The number of nitrogen functional groups attached to an aromatic ring is 1. The van der Waals surface area contributed by atoms with Crippen molar-refractivity contribution in [1.82, 2.24) is 5.32 Å². The van der Waals surface area contributed by atoms with Gasteiger partial charge in [0.15, 0.2) is 0 Å². The Labute approximate surface area is 106 Å². The van der Waals surface area contributed by atoms with Gasteiger partial charge in [-0.25, -0.2) is 4.39 Å². The molecular weight excluding hydrogens is 231 g/mol. The Bertz CT molecular complexity index is 471. The van der Waals surface area contributed by atoms with Gasteiger partial charge in [0.2, 0.25) is 0 Å². The molecule has 0 aromatic heterocycles. The monoisotopic (exact) mass is 248 g/mol. The maximum atomic E-state index is 13.1. The number of hydrogen-bond donors (Lipinski definition) is 2. The van der Waals surface area contributed by atoms with E-state index in [0.717, 1.165) is 19.3 Å². The van der Waals surface area contributed by atoms with Gasteiger partial charge in [-0.2, -0.15) is 0 Å². The van der Waals surface area contributed by atoms with E-state index in [0.29, 0.717) is 18.2 Å². The fraction of sp³-hybridized carbons (Fsp3) is 0.357. The molecule has 1 unspecified atom stereocenters. The molecule has 3 N–H and O–H groups in total. The van der Waals surface area contributed by atoms with Gasteiger partial charge in [0.1, 0.15) is 5.82 Å². The molecule has 0 heterocycles. The molecule has 1 aromatic rings. The van der Waals surface area contributed by atoms with Gasteiger partial charge in [-0.15, -0.1) is 0 Å². The van der Waals surface area contributed by atoms with Crippen molar-refractivity contribution in [3.63, 3.8) is 0 Å². The Morgan fingerprint density at radius 2 is 2.28 bits per heavy atom. The Morgan fingerprint density at radius 3 is 3.00 bits per heavy atom. The first kappa shape index (κ1) is 12.6. The van der Waals surface area contributed by atoms with Crippen molar-refractivity contribution >= 4 is 11.6 Å². The second kappa shape index (κ2) is 5.67. The van der Waals surface area contributed by atoms with Crippen LogP contribution in [0.15, 0.2) is 30.4 Å².